The molecule has 3 rings (SSSR count). The zero-order valence-electron chi connectivity index (χ0n) is 14.4. The van der Waals surface area contributed by atoms with E-state index in [0.717, 1.165) is 11.4 Å². The van der Waals surface area contributed by atoms with Crippen molar-refractivity contribution < 1.29 is 4.79 Å². The first-order valence-corrected chi connectivity index (χ1v) is 8.73. The summed E-state index contributed by atoms with van der Waals surface area (Å²) in [4.78, 5) is 18.8. The molecule has 134 valence electrons. The van der Waals surface area contributed by atoms with E-state index in [4.69, 9.17) is 23.2 Å². The van der Waals surface area contributed by atoms with E-state index in [1.165, 1.54) is 0 Å². The van der Waals surface area contributed by atoms with Crippen molar-refractivity contribution >= 4 is 34.9 Å². The molecule has 0 saturated carbocycles. The van der Waals surface area contributed by atoms with Crippen molar-refractivity contribution in [3.63, 3.8) is 0 Å². The van der Waals surface area contributed by atoms with E-state index < -0.39 is 0 Å². The van der Waals surface area contributed by atoms with Gasteiger partial charge in [-0.3, -0.25) is 0 Å². The van der Waals surface area contributed by atoms with Crippen LogP contribution in [-0.4, -0.2) is 27.5 Å². The Kier molecular flexibility index (Phi) is 5.49. The first-order valence-electron chi connectivity index (χ1n) is 7.98. The lowest BCUT2D eigenvalue weighted by atomic mass is 10.1. The van der Waals surface area contributed by atoms with E-state index in [1.54, 1.807) is 54.5 Å². The summed E-state index contributed by atoms with van der Waals surface area (Å²) in [5, 5.41) is 4.13. The van der Waals surface area contributed by atoms with E-state index >= 15 is 0 Å². The second kappa shape index (κ2) is 7.81. The molecule has 3 aromatic rings. The van der Waals surface area contributed by atoms with Gasteiger partial charge in [-0.15, -0.1) is 0 Å². The Labute approximate surface area is 162 Å². The van der Waals surface area contributed by atoms with Crippen LogP contribution in [0, 0.1) is 0 Å². The van der Waals surface area contributed by atoms with Crippen LogP contribution < -0.4 is 5.32 Å². The smallest absolute Gasteiger partial charge is 0.322 e. The second-order valence-corrected chi connectivity index (χ2v) is 6.77. The van der Waals surface area contributed by atoms with Crippen LogP contribution in [-0.2, 0) is 7.05 Å². The predicted molar refractivity (Wildman–Crippen MR) is 105 cm³/mol. The van der Waals surface area contributed by atoms with E-state index in [1.807, 2.05) is 29.9 Å². The molecule has 26 heavy (non-hydrogen) atoms. The number of carbonyl (C=O) groups is 1. The minimum absolute atomic E-state index is 0.254. The SMILES string of the molecule is CN(C(=O)Nc1ccc(Cl)cc1)[C@@H](c1ccc(Cl)cc1)c1nccn1C. The standard InChI is InChI=1S/C19H18Cl2N4O/c1-24-12-11-22-18(24)17(13-3-5-14(20)6-4-13)25(2)19(26)23-16-9-7-15(21)8-10-16/h3-12,17H,1-2H3,(H,23,26)/t17-/m0/s1. The van der Waals surface area contributed by atoms with Crippen molar-refractivity contribution in [2.24, 2.45) is 7.05 Å². The molecule has 2 aromatic carbocycles. The van der Waals surface area contributed by atoms with E-state index in [-0.39, 0.29) is 12.1 Å². The van der Waals surface area contributed by atoms with Crippen molar-refractivity contribution in [2.75, 3.05) is 12.4 Å². The Bertz CT molecular complexity index is 891. The largest absolute Gasteiger partial charge is 0.336 e. The van der Waals surface area contributed by atoms with Gasteiger partial charge in [-0.05, 0) is 42.0 Å². The minimum atomic E-state index is -0.362. The maximum absolute atomic E-state index is 12.8. The molecule has 2 amide bonds. The number of amides is 2. The third kappa shape index (κ3) is 4.00. The molecule has 0 bridgehead atoms. The number of rotatable bonds is 4. The number of urea groups is 1. The first-order chi connectivity index (χ1) is 12.5. The molecular weight excluding hydrogens is 371 g/mol. The number of nitrogens with one attached hydrogen (secondary N) is 1. The van der Waals surface area contributed by atoms with Crippen molar-refractivity contribution in [3.8, 4) is 0 Å². The summed E-state index contributed by atoms with van der Waals surface area (Å²) in [6.45, 7) is 0. The highest BCUT2D eigenvalue weighted by Crippen LogP contribution is 2.28. The quantitative estimate of drug-likeness (QED) is 0.684. The Morgan fingerprint density at radius 1 is 1.08 bits per heavy atom. The molecule has 0 aliphatic heterocycles. The zero-order chi connectivity index (χ0) is 18.7. The van der Waals surface area contributed by atoms with Crippen LogP contribution >= 0.6 is 23.2 Å². The molecule has 0 radical (unpaired) electrons. The monoisotopic (exact) mass is 388 g/mol. The first kappa shape index (κ1) is 18.3. The molecule has 1 atom stereocenters. The molecule has 1 N–H and O–H groups in total. The van der Waals surface area contributed by atoms with Gasteiger partial charge in [0, 0.05) is 42.2 Å². The van der Waals surface area contributed by atoms with Gasteiger partial charge in [0.25, 0.3) is 0 Å². The number of benzene rings is 2. The minimum Gasteiger partial charge on any atom is -0.336 e. The normalized spacial score (nSPS) is 11.8. The molecular formula is C19H18Cl2N4O. The van der Waals surface area contributed by atoms with Gasteiger partial charge in [-0.25, -0.2) is 9.78 Å². The molecule has 7 heteroatoms. The fourth-order valence-corrected chi connectivity index (χ4v) is 2.95. The fourth-order valence-electron chi connectivity index (χ4n) is 2.69. The number of anilines is 1. The molecule has 0 unspecified atom stereocenters. The number of halogens is 2. The van der Waals surface area contributed by atoms with Gasteiger partial charge >= 0.3 is 6.03 Å². The van der Waals surface area contributed by atoms with Crippen molar-refractivity contribution in [3.05, 3.63) is 82.4 Å². The van der Waals surface area contributed by atoms with E-state index in [0.29, 0.717) is 15.7 Å². The average Bonchev–Trinajstić information content (AvgIpc) is 3.04. The number of hydrogen-bond donors (Lipinski definition) is 1. The second-order valence-electron chi connectivity index (χ2n) is 5.90. The lowest BCUT2D eigenvalue weighted by Gasteiger charge is -2.28. The third-order valence-corrected chi connectivity index (χ3v) is 4.60. The molecule has 0 saturated heterocycles. The Balaban J connectivity index is 1.90. The summed E-state index contributed by atoms with van der Waals surface area (Å²) in [5.74, 6) is 0.751. The van der Waals surface area contributed by atoms with Crippen LogP contribution in [0.1, 0.15) is 17.4 Å². The number of carbonyl (C=O) groups excluding carboxylic acids is 1. The lowest BCUT2D eigenvalue weighted by Crippen LogP contribution is -2.36. The van der Waals surface area contributed by atoms with Gasteiger partial charge in [-0.1, -0.05) is 35.3 Å². The number of nitrogens with zero attached hydrogens (tertiary/aromatic N) is 3. The molecule has 0 aliphatic rings. The Hall–Kier alpha value is -2.50. The van der Waals surface area contributed by atoms with Crippen LogP contribution in [0.5, 0.6) is 0 Å². The van der Waals surface area contributed by atoms with Crippen LogP contribution in [0.3, 0.4) is 0 Å². The van der Waals surface area contributed by atoms with Crippen molar-refractivity contribution in [1.82, 2.24) is 14.5 Å². The van der Waals surface area contributed by atoms with E-state index in [2.05, 4.69) is 10.3 Å². The van der Waals surface area contributed by atoms with Gasteiger partial charge in [0.1, 0.15) is 11.9 Å². The highest BCUT2D eigenvalue weighted by molar-refractivity contribution is 6.30. The Morgan fingerprint density at radius 3 is 2.19 bits per heavy atom. The predicted octanol–water partition coefficient (Wildman–Crippen LogP) is 4.98. The summed E-state index contributed by atoms with van der Waals surface area (Å²) >= 11 is 11.9. The summed E-state index contributed by atoms with van der Waals surface area (Å²) in [7, 11) is 3.63. The number of imidazole rings is 1. The lowest BCUT2D eigenvalue weighted by molar-refractivity contribution is 0.209. The highest BCUT2D eigenvalue weighted by atomic mass is 35.5. The van der Waals surface area contributed by atoms with Crippen LogP contribution in [0.4, 0.5) is 10.5 Å². The molecule has 1 aromatic heterocycles. The summed E-state index contributed by atoms with van der Waals surface area (Å²) < 4.78 is 1.89. The summed E-state index contributed by atoms with van der Waals surface area (Å²) in [6, 6.07) is 13.8. The topological polar surface area (TPSA) is 50.2 Å². The van der Waals surface area contributed by atoms with Crippen LogP contribution in [0.25, 0.3) is 0 Å². The number of hydrogen-bond acceptors (Lipinski definition) is 2. The number of aryl methyl sites for hydroxylation is 1. The van der Waals surface area contributed by atoms with Gasteiger partial charge in [0.15, 0.2) is 0 Å². The average molecular weight is 389 g/mol. The highest BCUT2D eigenvalue weighted by Gasteiger charge is 2.26. The summed E-state index contributed by atoms with van der Waals surface area (Å²) in [5.41, 5.74) is 1.58. The summed E-state index contributed by atoms with van der Waals surface area (Å²) in [6.07, 6.45) is 3.56. The van der Waals surface area contributed by atoms with Gasteiger partial charge in [-0.2, -0.15) is 0 Å². The maximum atomic E-state index is 12.8. The van der Waals surface area contributed by atoms with Crippen LogP contribution in [0.15, 0.2) is 60.9 Å². The van der Waals surface area contributed by atoms with Gasteiger partial charge in [0.2, 0.25) is 0 Å². The fraction of sp³-hybridized carbons (Fsp3) is 0.158. The van der Waals surface area contributed by atoms with Gasteiger partial charge in [0.05, 0.1) is 0 Å². The van der Waals surface area contributed by atoms with Gasteiger partial charge < -0.3 is 14.8 Å². The molecule has 5 nitrogen and oxygen atoms in total. The van der Waals surface area contributed by atoms with E-state index in [9.17, 15) is 4.79 Å². The van der Waals surface area contributed by atoms with Crippen molar-refractivity contribution in [2.45, 2.75) is 6.04 Å². The molecule has 1 heterocycles. The molecule has 0 aliphatic carbocycles. The third-order valence-electron chi connectivity index (χ3n) is 4.09. The maximum Gasteiger partial charge on any atom is 0.322 e. The van der Waals surface area contributed by atoms with Crippen molar-refractivity contribution in [1.29, 1.82) is 0 Å². The Morgan fingerprint density at radius 2 is 1.65 bits per heavy atom. The number of aromatic nitrogens is 2. The molecule has 0 spiro atoms. The zero-order valence-corrected chi connectivity index (χ0v) is 15.9. The molecule has 0 fully saturated rings. The van der Waals surface area contributed by atoms with Crippen LogP contribution in [0.2, 0.25) is 10.0 Å².